The molecule has 0 spiro atoms. The van der Waals surface area contributed by atoms with Gasteiger partial charge in [-0.15, -0.1) is 11.3 Å². The number of carboxylic acid groups (broad SMARTS) is 1. The monoisotopic (exact) mass is 283 g/mol. The summed E-state index contributed by atoms with van der Waals surface area (Å²) < 4.78 is 0. The second-order valence-electron chi connectivity index (χ2n) is 4.24. The van der Waals surface area contributed by atoms with Gasteiger partial charge in [0.2, 0.25) is 5.91 Å². The summed E-state index contributed by atoms with van der Waals surface area (Å²) in [5, 5.41) is 10.2. The standard InChI is InChI=1S/C11H13N3O4S/c1-13-3-2-4-14(5-8(13)15)10(16)9-12-7(6-19-9)11(17)18/h6H,2-5H2,1H3,(H,17,18). The number of carbonyl (C=O) groups excluding carboxylic acids is 2. The summed E-state index contributed by atoms with van der Waals surface area (Å²) in [6.45, 7) is 1.09. The Morgan fingerprint density at radius 2 is 2.16 bits per heavy atom. The minimum absolute atomic E-state index is 0.0112. The van der Waals surface area contributed by atoms with Crippen LogP contribution in [0.5, 0.6) is 0 Å². The third kappa shape index (κ3) is 2.90. The minimum Gasteiger partial charge on any atom is -0.476 e. The number of hydrogen-bond acceptors (Lipinski definition) is 5. The molecule has 7 nitrogen and oxygen atoms in total. The molecule has 2 amide bonds. The molecule has 1 aliphatic rings. The molecule has 0 aromatic carbocycles. The van der Waals surface area contributed by atoms with E-state index < -0.39 is 5.97 Å². The van der Waals surface area contributed by atoms with E-state index in [9.17, 15) is 14.4 Å². The van der Waals surface area contributed by atoms with Crippen molar-refractivity contribution in [2.45, 2.75) is 6.42 Å². The molecule has 0 aliphatic carbocycles. The van der Waals surface area contributed by atoms with Crippen LogP contribution in [-0.2, 0) is 4.79 Å². The molecule has 19 heavy (non-hydrogen) atoms. The molecule has 1 fully saturated rings. The van der Waals surface area contributed by atoms with Crippen LogP contribution in [0, 0.1) is 0 Å². The van der Waals surface area contributed by atoms with Crippen molar-refractivity contribution in [3.8, 4) is 0 Å². The number of aromatic nitrogens is 1. The van der Waals surface area contributed by atoms with Crippen molar-refractivity contribution in [1.82, 2.24) is 14.8 Å². The van der Waals surface area contributed by atoms with E-state index in [1.165, 1.54) is 10.3 Å². The number of hydrogen-bond donors (Lipinski definition) is 1. The number of carbonyl (C=O) groups is 3. The summed E-state index contributed by atoms with van der Waals surface area (Å²) in [5.41, 5.74) is -0.147. The van der Waals surface area contributed by atoms with Gasteiger partial charge in [0.1, 0.15) is 6.54 Å². The van der Waals surface area contributed by atoms with Gasteiger partial charge in [0.15, 0.2) is 10.7 Å². The van der Waals surface area contributed by atoms with Crippen LogP contribution in [0.4, 0.5) is 0 Å². The molecule has 1 N–H and O–H groups in total. The third-order valence-electron chi connectivity index (χ3n) is 2.87. The highest BCUT2D eigenvalue weighted by atomic mass is 32.1. The van der Waals surface area contributed by atoms with Crippen LogP contribution in [0.2, 0.25) is 0 Å². The SMILES string of the molecule is CN1CCCN(C(=O)c2nc(C(=O)O)cs2)CC1=O. The highest BCUT2D eigenvalue weighted by Crippen LogP contribution is 2.14. The molecule has 0 bridgehead atoms. The molecule has 102 valence electrons. The van der Waals surface area contributed by atoms with Crippen LogP contribution in [0.1, 0.15) is 26.7 Å². The number of amides is 2. The first-order valence-corrected chi connectivity index (χ1v) is 6.59. The summed E-state index contributed by atoms with van der Waals surface area (Å²) in [4.78, 5) is 41.3. The minimum atomic E-state index is -1.16. The Bertz CT molecular complexity index is 528. The van der Waals surface area contributed by atoms with Crippen molar-refractivity contribution in [2.24, 2.45) is 0 Å². The number of carboxylic acids is 1. The molecule has 8 heteroatoms. The molecule has 2 heterocycles. The molecule has 1 aromatic heterocycles. The van der Waals surface area contributed by atoms with Crippen LogP contribution in [-0.4, -0.2) is 64.4 Å². The van der Waals surface area contributed by atoms with Gasteiger partial charge in [0, 0.05) is 25.5 Å². The summed E-state index contributed by atoms with van der Waals surface area (Å²) in [6, 6.07) is 0. The predicted molar refractivity (Wildman–Crippen MR) is 67.2 cm³/mol. The van der Waals surface area contributed by atoms with E-state index >= 15 is 0 Å². The fraction of sp³-hybridized carbons (Fsp3) is 0.455. The van der Waals surface area contributed by atoms with Gasteiger partial charge < -0.3 is 14.9 Å². The fourth-order valence-electron chi connectivity index (χ4n) is 1.77. The van der Waals surface area contributed by atoms with Crippen molar-refractivity contribution in [3.05, 3.63) is 16.1 Å². The van der Waals surface area contributed by atoms with E-state index in [4.69, 9.17) is 5.11 Å². The Morgan fingerprint density at radius 1 is 1.42 bits per heavy atom. The van der Waals surface area contributed by atoms with E-state index in [0.717, 1.165) is 11.3 Å². The highest BCUT2D eigenvalue weighted by molar-refractivity contribution is 7.11. The van der Waals surface area contributed by atoms with Crippen LogP contribution in [0.25, 0.3) is 0 Å². The lowest BCUT2D eigenvalue weighted by molar-refractivity contribution is -0.129. The van der Waals surface area contributed by atoms with Gasteiger partial charge in [-0.3, -0.25) is 9.59 Å². The van der Waals surface area contributed by atoms with Crippen LogP contribution in [0.3, 0.4) is 0 Å². The normalized spacial score (nSPS) is 16.4. The van der Waals surface area contributed by atoms with Crippen molar-refractivity contribution >= 4 is 29.1 Å². The number of likely N-dealkylation sites (N-methyl/N-ethyl adjacent to an activating group) is 1. The fourth-order valence-corrected chi connectivity index (χ4v) is 2.52. The molecule has 2 rings (SSSR count). The van der Waals surface area contributed by atoms with Gasteiger partial charge in [0.05, 0.1) is 0 Å². The first kappa shape index (κ1) is 13.5. The van der Waals surface area contributed by atoms with Crippen molar-refractivity contribution in [2.75, 3.05) is 26.7 Å². The lowest BCUT2D eigenvalue weighted by Crippen LogP contribution is -2.38. The van der Waals surface area contributed by atoms with Gasteiger partial charge in [-0.1, -0.05) is 0 Å². The average molecular weight is 283 g/mol. The number of thiazole rings is 1. The maximum absolute atomic E-state index is 12.2. The molecular weight excluding hydrogens is 270 g/mol. The second kappa shape index (κ2) is 5.35. The summed E-state index contributed by atoms with van der Waals surface area (Å²) in [5.74, 6) is -1.68. The first-order chi connectivity index (χ1) is 8.99. The van der Waals surface area contributed by atoms with Crippen LogP contribution < -0.4 is 0 Å². The zero-order valence-electron chi connectivity index (χ0n) is 10.3. The quantitative estimate of drug-likeness (QED) is 0.834. The Hall–Kier alpha value is -1.96. The van der Waals surface area contributed by atoms with Crippen LogP contribution in [0.15, 0.2) is 5.38 Å². The molecule has 0 atom stereocenters. The molecule has 1 aromatic rings. The summed E-state index contributed by atoms with van der Waals surface area (Å²) in [7, 11) is 1.70. The van der Waals surface area contributed by atoms with Gasteiger partial charge >= 0.3 is 5.97 Å². The first-order valence-electron chi connectivity index (χ1n) is 5.71. The average Bonchev–Trinajstić information content (AvgIpc) is 2.79. The molecular formula is C11H13N3O4S. The summed E-state index contributed by atoms with van der Waals surface area (Å²) in [6.07, 6.45) is 0.700. The molecule has 1 aliphatic heterocycles. The molecule has 0 radical (unpaired) electrons. The second-order valence-corrected chi connectivity index (χ2v) is 5.10. The van der Waals surface area contributed by atoms with Crippen molar-refractivity contribution < 1.29 is 19.5 Å². The largest absolute Gasteiger partial charge is 0.476 e. The van der Waals surface area contributed by atoms with Crippen molar-refractivity contribution in [1.29, 1.82) is 0 Å². The zero-order valence-corrected chi connectivity index (χ0v) is 11.1. The maximum atomic E-state index is 12.2. The topological polar surface area (TPSA) is 90.8 Å². The lowest BCUT2D eigenvalue weighted by atomic mass is 10.4. The molecule has 1 saturated heterocycles. The lowest BCUT2D eigenvalue weighted by Gasteiger charge is -2.18. The zero-order chi connectivity index (χ0) is 14.0. The van der Waals surface area contributed by atoms with Crippen LogP contribution >= 0.6 is 11.3 Å². The Balaban J connectivity index is 2.14. The number of aromatic carboxylic acids is 1. The molecule has 0 unspecified atom stereocenters. The van der Waals surface area contributed by atoms with E-state index in [-0.39, 0.29) is 29.1 Å². The van der Waals surface area contributed by atoms with E-state index in [2.05, 4.69) is 4.98 Å². The van der Waals surface area contributed by atoms with Gasteiger partial charge in [-0.2, -0.15) is 0 Å². The third-order valence-corrected chi connectivity index (χ3v) is 3.70. The Kier molecular flexibility index (Phi) is 3.79. The molecule has 0 saturated carbocycles. The number of nitrogens with zero attached hydrogens (tertiary/aromatic N) is 3. The van der Waals surface area contributed by atoms with E-state index in [0.29, 0.717) is 19.5 Å². The highest BCUT2D eigenvalue weighted by Gasteiger charge is 2.26. The maximum Gasteiger partial charge on any atom is 0.355 e. The van der Waals surface area contributed by atoms with Gasteiger partial charge in [0.25, 0.3) is 5.91 Å². The smallest absolute Gasteiger partial charge is 0.355 e. The van der Waals surface area contributed by atoms with E-state index in [1.807, 2.05) is 0 Å². The van der Waals surface area contributed by atoms with Crippen molar-refractivity contribution in [3.63, 3.8) is 0 Å². The van der Waals surface area contributed by atoms with Gasteiger partial charge in [-0.05, 0) is 6.42 Å². The van der Waals surface area contributed by atoms with Gasteiger partial charge in [-0.25, -0.2) is 9.78 Å². The summed E-state index contributed by atoms with van der Waals surface area (Å²) >= 11 is 0.980. The predicted octanol–water partition coefficient (Wildman–Crippen LogP) is 0.146. The Labute approximate surface area is 113 Å². The van der Waals surface area contributed by atoms with E-state index in [1.54, 1.807) is 11.9 Å². The number of rotatable bonds is 2. The Morgan fingerprint density at radius 3 is 2.79 bits per heavy atom.